The molecule has 17 heavy (non-hydrogen) atoms. The molecule has 0 aliphatic carbocycles. The molecule has 0 saturated carbocycles. The Morgan fingerprint density at radius 3 is 2.12 bits per heavy atom. The van der Waals surface area contributed by atoms with Crippen molar-refractivity contribution in [2.24, 2.45) is 0 Å². The van der Waals surface area contributed by atoms with Gasteiger partial charge in [0.15, 0.2) is 9.84 Å². The van der Waals surface area contributed by atoms with Gasteiger partial charge in [-0.1, -0.05) is 13.8 Å². The Bertz CT molecular complexity index is 294. The normalized spacial score (nSPS) is 13.3. The first-order valence-electron chi connectivity index (χ1n) is 6.40. The molecular weight excluding hydrogens is 236 g/mol. The van der Waals surface area contributed by atoms with Crippen molar-refractivity contribution in [3.8, 4) is 0 Å². The average Bonchev–Trinajstić information content (AvgIpc) is 2.21. The number of rotatable bonds is 8. The van der Waals surface area contributed by atoms with Crippen molar-refractivity contribution < 1.29 is 8.42 Å². The Kier molecular flexibility index (Phi) is 7.28. The van der Waals surface area contributed by atoms with Crippen LogP contribution in [0.3, 0.4) is 0 Å². The van der Waals surface area contributed by atoms with E-state index in [4.69, 9.17) is 0 Å². The number of nitrogens with one attached hydrogen (secondary N) is 1. The fourth-order valence-electron chi connectivity index (χ4n) is 1.40. The highest BCUT2D eigenvalue weighted by Crippen LogP contribution is 2.15. The lowest BCUT2D eigenvalue weighted by Crippen LogP contribution is -2.39. The second-order valence-corrected chi connectivity index (χ2v) is 8.08. The fourth-order valence-corrected chi connectivity index (χ4v) is 2.51. The van der Waals surface area contributed by atoms with E-state index in [1.54, 1.807) is 20.8 Å². The summed E-state index contributed by atoms with van der Waals surface area (Å²) in [7, 11) is -3.00. The van der Waals surface area contributed by atoms with E-state index in [0.29, 0.717) is 6.54 Å². The Hall–Kier alpha value is -0.130. The van der Waals surface area contributed by atoms with E-state index in [-0.39, 0.29) is 5.75 Å². The molecular formula is C12H28N2O2S. The first-order chi connectivity index (χ1) is 7.74. The third-order valence-electron chi connectivity index (χ3n) is 2.91. The summed E-state index contributed by atoms with van der Waals surface area (Å²) in [6.07, 6.45) is 0. The molecule has 0 atom stereocenters. The van der Waals surface area contributed by atoms with Crippen LogP contribution in [0.2, 0.25) is 0 Å². The summed E-state index contributed by atoms with van der Waals surface area (Å²) in [6.45, 7) is 13.7. The number of likely N-dealkylation sites (N-methyl/N-ethyl adjacent to an activating group) is 2. The molecule has 0 rings (SSSR count). The molecule has 0 fully saturated rings. The van der Waals surface area contributed by atoms with Crippen molar-refractivity contribution in [2.45, 2.75) is 39.4 Å². The maximum atomic E-state index is 12.0. The van der Waals surface area contributed by atoms with E-state index >= 15 is 0 Å². The highest BCUT2D eigenvalue weighted by Gasteiger charge is 2.28. The molecule has 0 saturated heterocycles. The van der Waals surface area contributed by atoms with Gasteiger partial charge in [-0.25, -0.2) is 8.42 Å². The molecule has 0 bridgehead atoms. The molecule has 104 valence electrons. The quantitative estimate of drug-likeness (QED) is 0.668. The van der Waals surface area contributed by atoms with Gasteiger partial charge in [-0.05, 0) is 33.9 Å². The molecule has 0 aromatic carbocycles. The van der Waals surface area contributed by atoms with Gasteiger partial charge in [-0.15, -0.1) is 0 Å². The predicted octanol–water partition coefficient (Wildman–Crippen LogP) is 1.13. The van der Waals surface area contributed by atoms with Gasteiger partial charge in [-0.2, -0.15) is 0 Å². The largest absolute Gasteiger partial charge is 0.316 e. The SMILES string of the molecule is CCNCCN(CC)CCS(=O)(=O)C(C)(C)C. The molecule has 0 heterocycles. The molecule has 4 nitrogen and oxygen atoms in total. The zero-order chi connectivity index (χ0) is 13.5. The van der Waals surface area contributed by atoms with Gasteiger partial charge in [-0.3, -0.25) is 0 Å². The van der Waals surface area contributed by atoms with Crippen molar-refractivity contribution in [2.75, 3.05) is 38.5 Å². The van der Waals surface area contributed by atoms with E-state index in [1.807, 2.05) is 0 Å². The van der Waals surface area contributed by atoms with Crippen molar-refractivity contribution in [3.05, 3.63) is 0 Å². The van der Waals surface area contributed by atoms with Gasteiger partial charge in [0, 0.05) is 19.6 Å². The summed E-state index contributed by atoms with van der Waals surface area (Å²) in [6, 6.07) is 0. The topological polar surface area (TPSA) is 49.4 Å². The number of sulfone groups is 1. The number of hydrogen-bond donors (Lipinski definition) is 1. The lowest BCUT2D eigenvalue weighted by atomic mass is 10.3. The summed E-state index contributed by atoms with van der Waals surface area (Å²) >= 11 is 0. The van der Waals surface area contributed by atoms with Crippen LogP contribution in [-0.2, 0) is 9.84 Å². The lowest BCUT2D eigenvalue weighted by molar-refractivity contribution is 0.303. The van der Waals surface area contributed by atoms with E-state index in [0.717, 1.165) is 26.2 Å². The van der Waals surface area contributed by atoms with Gasteiger partial charge in [0.2, 0.25) is 0 Å². The molecule has 0 amide bonds. The van der Waals surface area contributed by atoms with Gasteiger partial charge in [0.25, 0.3) is 0 Å². The lowest BCUT2D eigenvalue weighted by Gasteiger charge is -2.24. The minimum Gasteiger partial charge on any atom is -0.316 e. The van der Waals surface area contributed by atoms with Crippen molar-refractivity contribution >= 4 is 9.84 Å². The molecule has 5 heteroatoms. The second-order valence-electron chi connectivity index (χ2n) is 5.22. The van der Waals surface area contributed by atoms with Gasteiger partial charge in [0.1, 0.15) is 0 Å². The smallest absolute Gasteiger partial charge is 0.156 e. The monoisotopic (exact) mass is 264 g/mol. The second kappa shape index (κ2) is 7.34. The molecule has 1 N–H and O–H groups in total. The zero-order valence-electron chi connectivity index (χ0n) is 11.9. The summed E-state index contributed by atoms with van der Waals surface area (Å²) in [5.41, 5.74) is 0. The van der Waals surface area contributed by atoms with Gasteiger partial charge in [0.05, 0.1) is 10.5 Å². The molecule has 0 aromatic rings. The van der Waals surface area contributed by atoms with Gasteiger partial charge >= 0.3 is 0 Å². The van der Waals surface area contributed by atoms with Crippen molar-refractivity contribution in [1.29, 1.82) is 0 Å². The van der Waals surface area contributed by atoms with Crippen LogP contribution in [0, 0.1) is 0 Å². The standard InChI is InChI=1S/C12H28N2O2S/c1-6-13-8-9-14(7-2)10-11-17(15,16)12(3,4)5/h13H,6-11H2,1-5H3. The first kappa shape index (κ1) is 16.9. The summed E-state index contributed by atoms with van der Waals surface area (Å²) in [5.74, 6) is 0.246. The number of hydrogen-bond acceptors (Lipinski definition) is 4. The van der Waals surface area contributed by atoms with Crippen LogP contribution in [0.15, 0.2) is 0 Å². The van der Waals surface area contributed by atoms with E-state index in [9.17, 15) is 8.42 Å². The summed E-state index contributed by atoms with van der Waals surface area (Å²) < 4.78 is 23.3. The average molecular weight is 264 g/mol. The molecule has 0 aromatic heterocycles. The fraction of sp³-hybridized carbons (Fsp3) is 1.00. The van der Waals surface area contributed by atoms with E-state index < -0.39 is 14.6 Å². The highest BCUT2D eigenvalue weighted by molar-refractivity contribution is 7.92. The van der Waals surface area contributed by atoms with Crippen molar-refractivity contribution in [1.82, 2.24) is 10.2 Å². The van der Waals surface area contributed by atoms with Crippen LogP contribution in [0.4, 0.5) is 0 Å². The summed E-state index contributed by atoms with van der Waals surface area (Å²) in [5, 5.41) is 3.25. The Labute approximate surface area is 107 Å². The maximum absolute atomic E-state index is 12.0. The summed E-state index contributed by atoms with van der Waals surface area (Å²) in [4.78, 5) is 2.17. The highest BCUT2D eigenvalue weighted by atomic mass is 32.2. The van der Waals surface area contributed by atoms with Crippen LogP contribution in [0.25, 0.3) is 0 Å². The van der Waals surface area contributed by atoms with Crippen LogP contribution in [0.5, 0.6) is 0 Å². The van der Waals surface area contributed by atoms with E-state index in [1.165, 1.54) is 0 Å². The Balaban J connectivity index is 4.15. The number of nitrogens with zero attached hydrogens (tertiary/aromatic N) is 1. The predicted molar refractivity (Wildman–Crippen MR) is 74.2 cm³/mol. The van der Waals surface area contributed by atoms with Crippen molar-refractivity contribution in [3.63, 3.8) is 0 Å². The first-order valence-corrected chi connectivity index (χ1v) is 8.05. The molecule has 0 unspecified atom stereocenters. The Morgan fingerprint density at radius 2 is 1.71 bits per heavy atom. The van der Waals surface area contributed by atoms with Crippen LogP contribution < -0.4 is 5.32 Å². The van der Waals surface area contributed by atoms with Crippen LogP contribution >= 0.6 is 0 Å². The molecule has 0 aliphatic rings. The molecule has 0 aliphatic heterocycles. The minimum absolute atomic E-state index is 0.246. The molecule has 0 spiro atoms. The van der Waals surface area contributed by atoms with Crippen LogP contribution in [0.1, 0.15) is 34.6 Å². The molecule has 0 radical (unpaired) electrons. The van der Waals surface area contributed by atoms with E-state index in [2.05, 4.69) is 24.1 Å². The third-order valence-corrected chi connectivity index (χ3v) is 5.50. The maximum Gasteiger partial charge on any atom is 0.156 e. The van der Waals surface area contributed by atoms with Crippen LogP contribution in [-0.4, -0.2) is 56.5 Å². The third kappa shape index (κ3) is 6.38. The Morgan fingerprint density at radius 1 is 1.12 bits per heavy atom. The zero-order valence-corrected chi connectivity index (χ0v) is 12.7. The van der Waals surface area contributed by atoms with Gasteiger partial charge < -0.3 is 10.2 Å². The minimum atomic E-state index is -3.00.